The Hall–Kier alpha value is -0.970. The highest BCUT2D eigenvalue weighted by Crippen LogP contribution is 2.07. The zero-order chi connectivity index (χ0) is 12.8. The third kappa shape index (κ3) is 4.37. The van der Waals surface area contributed by atoms with Crippen molar-refractivity contribution in [3.8, 4) is 0 Å². The molecular formula is C14H21FN2O. The summed E-state index contributed by atoms with van der Waals surface area (Å²) in [5.74, 6) is -0.176. The maximum Gasteiger partial charge on any atom is 0.123 e. The van der Waals surface area contributed by atoms with E-state index in [2.05, 4.69) is 17.3 Å². The second-order valence-corrected chi connectivity index (χ2v) is 4.88. The maximum atomic E-state index is 12.8. The molecule has 0 amide bonds. The van der Waals surface area contributed by atoms with Gasteiger partial charge in [0, 0.05) is 19.1 Å². The lowest BCUT2D eigenvalue weighted by Gasteiger charge is -2.26. The third-order valence-corrected chi connectivity index (χ3v) is 3.22. The minimum Gasteiger partial charge on any atom is -0.379 e. The summed E-state index contributed by atoms with van der Waals surface area (Å²) < 4.78 is 18.2. The van der Waals surface area contributed by atoms with Gasteiger partial charge in [-0.3, -0.25) is 0 Å². The monoisotopic (exact) mass is 252 g/mol. The summed E-state index contributed by atoms with van der Waals surface area (Å²) in [6.45, 7) is 4.45. The van der Waals surface area contributed by atoms with Crippen LogP contribution in [0.15, 0.2) is 24.3 Å². The van der Waals surface area contributed by atoms with E-state index in [1.54, 1.807) is 0 Å². The van der Waals surface area contributed by atoms with Gasteiger partial charge in [0.05, 0.1) is 13.2 Å². The summed E-state index contributed by atoms with van der Waals surface area (Å²) >= 11 is 0. The third-order valence-electron chi connectivity index (χ3n) is 3.22. The number of morpholine rings is 1. The van der Waals surface area contributed by atoms with E-state index in [1.807, 2.05) is 12.1 Å². The Morgan fingerprint density at radius 1 is 1.39 bits per heavy atom. The van der Waals surface area contributed by atoms with Crippen LogP contribution in [0, 0.1) is 5.82 Å². The molecule has 1 N–H and O–H groups in total. The predicted molar refractivity (Wildman–Crippen MR) is 70.0 cm³/mol. The first-order chi connectivity index (χ1) is 8.74. The number of halogens is 1. The number of ether oxygens (including phenoxy) is 1. The lowest BCUT2D eigenvalue weighted by atomic mass is 10.1. The number of hydrogen-bond acceptors (Lipinski definition) is 3. The first-order valence-electron chi connectivity index (χ1n) is 6.48. The van der Waals surface area contributed by atoms with Crippen molar-refractivity contribution in [3.63, 3.8) is 0 Å². The topological polar surface area (TPSA) is 24.5 Å². The molecular weight excluding hydrogens is 231 g/mol. The van der Waals surface area contributed by atoms with Crippen molar-refractivity contribution in [1.29, 1.82) is 0 Å². The molecule has 0 saturated carbocycles. The molecule has 0 bridgehead atoms. The Bertz CT molecular complexity index is 349. The van der Waals surface area contributed by atoms with Gasteiger partial charge in [-0.2, -0.15) is 0 Å². The van der Waals surface area contributed by atoms with Crippen LogP contribution in [0.2, 0.25) is 0 Å². The van der Waals surface area contributed by atoms with Crippen molar-refractivity contribution < 1.29 is 9.13 Å². The van der Waals surface area contributed by atoms with Crippen LogP contribution in [0.1, 0.15) is 12.0 Å². The maximum absolute atomic E-state index is 12.8. The summed E-state index contributed by atoms with van der Waals surface area (Å²) in [6, 6.07) is 7.18. The zero-order valence-electron chi connectivity index (χ0n) is 10.9. The molecule has 2 rings (SSSR count). The summed E-state index contributed by atoms with van der Waals surface area (Å²) in [4.78, 5) is 2.25. The van der Waals surface area contributed by atoms with Gasteiger partial charge < -0.3 is 15.0 Å². The van der Waals surface area contributed by atoms with Crippen molar-refractivity contribution in [2.45, 2.75) is 19.0 Å². The van der Waals surface area contributed by atoms with Crippen molar-refractivity contribution in [1.82, 2.24) is 10.2 Å². The quantitative estimate of drug-likeness (QED) is 0.862. The van der Waals surface area contributed by atoms with E-state index < -0.39 is 0 Å². The first kappa shape index (κ1) is 13.5. The van der Waals surface area contributed by atoms with Crippen LogP contribution < -0.4 is 5.32 Å². The van der Waals surface area contributed by atoms with Crippen molar-refractivity contribution in [2.24, 2.45) is 0 Å². The number of hydrogen-bond donors (Lipinski definition) is 1. The second-order valence-electron chi connectivity index (χ2n) is 4.88. The molecule has 0 aliphatic carbocycles. The zero-order valence-corrected chi connectivity index (χ0v) is 10.9. The van der Waals surface area contributed by atoms with Gasteiger partial charge in [-0.1, -0.05) is 12.1 Å². The lowest BCUT2D eigenvalue weighted by molar-refractivity contribution is 0.0708. The Labute approximate surface area is 108 Å². The van der Waals surface area contributed by atoms with Gasteiger partial charge in [0.25, 0.3) is 0 Å². The Balaban J connectivity index is 1.71. The van der Waals surface area contributed by atoms with Crippen LogP contribution in [0.5, 0.6) is 0 Å². The van der Waals surface area contributed by atoms with Crippen LogP contribution in [-0.2, 0) is 11.3 Å². The minimum absolute atomic E-state index is 0.176. The highest BCUT2D eigenvalue weighted by Gasteiger charge is 2.13. The molecule has 0 aromatic heterocycles. The fourth-order valence-corrected chi connectivity index (χ4v) is 2.16. The van der Waals surface area contributed by atoms with Crippen molar-refractivity contribution >= 4 is 0 Å². The fraction of sp³-hybridized carbons (Fsp3) is 0.571. The lowest BCUT2D eigenvalue weighted by Crippen LogP contribution is -2.42. The summed E-state index contributed by atoms with van der Waals surface area (Å²) in [5.41, 5.74) is 1.15. The molecule has 3 nitrogen and oxygen atoms in total. The minimum atomic E-state index is -0.176. The molecule has 4 heteroatoms. The van der Waals surface area contributed by atoms with Gasteiger partial charge in [0.1, 0.15) is 5.82 Å². The van der Waals surface area contributed by atoms with Crippen molar-refractivity contribution in [2.75, 3.05) is 33.4 Å². The molecule has 1 aliphatic heterocycles. The normalized spacial score (nSPS) is 20.3. The molecule has 0 spiro atoms. The molecule has 1 saturated heterocycles. The van der Waals surface area contributed by atoms with E-state index in [9.17, 15) is 4.39 Å². The van der Waals surface area contributed by atoms with Crippen LogP contribution in [0.25, 0.3) is 0 Å². The average Bonchev–Trinajstić information content (AvgIpc) is 2.40. The fourth-order valence-electron chi connectivity index (χ4n) is 2.16. The van der Waals surface area contributed by atoms with Gasteiger partial charge in [-0.25, -0.2) is 4.39 Å². The van der Waals surface area contributed by atoms with E-state index in [0.29, 0.717) is 6.04 Å². The highest BCUT2D eigenvalue weighted by molar-refractivity contribution is 5.15. The molecule has 1 heterocycles. The number of nitrogens with one attached hydrogen (secondary N) is 1. The van der Waals surface area contributed by atoms with E-state index >= 15 is 0 Å². The summed E-state index contributed by atoms with van der Waals surface area (Å²) in [7, 11) is 2.09. The van der Waals surface area contributed by atoms with E-state index in [1.165, 1.54) is 12.1 Å². The Morgan fingerprint density at radius 2 is 2.17 bits per heavy atom. The van der Waals surface area contributed by atoms with Gasteiger partial charge in [0.2, 0.25) is 0 Å². The van der Waals surface area contributed by atoms with Gasteiger partial charge in [0.15, 0.2) is 0 Å². The molecule has 1 aromatic rings. The average molecular weight is 252 g/mol. The number of nitrogens with zero attached hydrogens (tertiary/aromatic N) is 1. The van der Waals surface area contributed by atoms with Gasteiger partial charge in [-0.05, 0) is 37.7 Å². The van der Waals surface area contributed by atoms with E-state index in [-0.39, 0.29) is 5.82 Å². The molecule has 0 radical (unpaired) electrons. The summed E-state index contributed by atoms with van der Waals surface area (Å²) in [6.07, 6.45) is 1.08. The Morgan fingerprint density at radius 3 is 2.83 bits per heavy atom. The number of benzene rings is 1. The molecule has 18 heavy (non-hydrogen) atoms. The van der Waals surface area contributed by atoms with E-state index in [4.69, 9.17) is 4.74 Å². The standard InChI is InChI=1S/C14H21FN2O/c1-17(8-6-14-11-18-9-7-16-14)10-12-2-4-13(15)5-3-12/h2-5,14,16H,6-11H2,1H3. The SMILES string of the molecule is CN(CCC1COCCN1)Cc1ccc(F)cc1. The predicted octanol–water partition coefficient (Wildman–Crippen LogP) is 1.64. The van der Waals surface area contributed by atoms with E-state index in [0.717, 1.165) is 44.8 Å². The molecule has 1 aromatic carbocycles. The first-order valence-corrected chi connectivity index (χ1v) is 6.48. The molecule has 1 aliphatic rings. The van der Waals surface area contributed by atoms with Gasteiger partial charge >= 0.3 is 0 Å². The Kier molecular flexibility index (Phi) is 5.11. The van der Waals surface area contributed by atoms with Crippen LogP contribution in [0.3, 0.4) is 0 Å². The number of rotatable bonds is 5. The molecule has 1 fully saturated rings. The van der Waals surface area contributed by atoms with Crippen LogP contribution in [-0.4, -0.2) is 44.3 Å². The molecule has 100 valence electrons. The van der Waals surface area contributed by atoms with Crippen LogP contribution >= 0.6 is 0 Å². The molecule has 1 unspecified atom stereocenters. The molecule has 1 atom stereocenters. The smallest absolute Gasteiger partial charge is 0.123 e. The van der Waals surface area contributed by atoms with Crippen molar-refractivity contribution in [3.05, 3.63) is 35.6 Å². The highest BCUT2D eigenvalue weighted by atomic mass is 19.1. The second kappa shape index (κ2) is 6.83. The largest absolute Gasteiger partial charge is 0.379 e. The van der Waals surface area contributed by atoms with Crippen LogP contribution in [0.4, 0.5) is 4.39 Å². The van der Waals surface area contributed by atoms with Gasteiger partial charge in [-0.15, -0.1) is 0 Å². The summed E-state index contributed by atoms with van der Waals surface area (Å²) in [5, 5.41) is 3.44.